The fourth-order valence-corrected chi connectivity index (χ4v) is 3.80. The van der Waals surface area contributed by atoms with Crippen LogP contribution in [0.3, 0.4) is 0 Å². The second-order valence-electron chi connectivity index (χ2n) is 7.95. The van der Waals surface area contributed by atoms with Crippen molar-refractivity contribution < 1.29 is 23.5 Å². The minimum Gasteiger partial charge on any atom is -0.490 e. The lowest BCUT2D eigenvalue weighted by atomic mass is 10.1. The van der Waals surface area contributed by atoms with Crippen molar-refractivity contribution in [1.29, 1.82) is 0 Å². The Hall–Kier alpha value is -4.24. The molecule has 184 valence electrons. The summed E-state index contributed by atoms with van der Waals surface area (Å²) in [5.74, 6) is -0.246. The van der Waals surface area contributed by atoms with E-state index in [1.165, 1.54) is 29.2 Å². The lowest BCUT2D eigenvalue weighted by Gasteiger charge is -2.13. The Morgan fingerprint density at radius 2 is 1.78 bits per heavy atom. The van der Waals surface area contributed by atoms with Crippen molar-refractivity contribution in [3.8, 4) is 11.5 Å². The van der Waals surface area contributed by atoms with Gasteiger partial charge in [0, 0.05) is 5.69 Å². The molecule has 0 unspecified atom stereocenters. The maximum Gasteiger partial charge on any atom is 0.281 e. The van der Waals surface area contributed by atoms with Gasteiger partial charge in [-0.1, -0.05) is 23.8 Å². The van der Waals surface area contributed by atoms with Crippen molar-refractivity contribution in [2.75, 3.05) is 23.4 Å². The predicted octanol–water partition coefficient (Wildman–Crippen LogP) is 4.81. The number of rotatable bonds is 8. The number of aryl methyl sites for hydroxylation is 1. The van der Waals surface area contributed by atoms with Gasteiger partial charge in [0.15, 0.2) is 23.2 Å². The number of halogens is 1. The first kappa shape index (κ1) is 24.9. The largest absolute Gasteiger partial charge is 0.490 e. The molecule has 3 aromatic rings. The monoisotopic (exact) mass is 505 g/mol. The van der Waals surface area contributed by atoms with Crippen LogP contribution in [0, 0.1) is 12.7 Å². The number of carbonyl (C=O) groups is 2. The molecular weight excluding hydrogens is 481 g/mol. The first-order valence-electron chi connectivity index (χ1n) is 11.2. The molecule has 0 atom stereocenters. The zero-order chi connectivity index (χ0) is 25.7. The number of anilines is 2. The van der Waals surface area contributed by atoms with Crippen molar-refractivity contribution >= 4 is 46.6 Å². The predicted molar refractivity (Wildman–Crippen MR) is 141 cm³/mol. The van der Waals surface area contributed by atoms with Crippen LogP contribution in [0.4, 0.5) is 15.8 Å². The average Bonchev–Trinajstić information content (AvgIpc) is 3.13. The summed E-state index contributed by atoms with van der Waals surface area (Å²) in [6.45, 7) is 3.99. The summed E-state index contributed by atoms with van der Waals surface area (Å²) in [5.41, 5.74) is 3.17. The van der Waals surface area contributed by atoms with E-state index in [4.69, 9.17) is 21.7 Å². The molecule has 9 heteroatoms. The molecule has 0 spiro atoms. The normalized spacial score (nSPS) is 14.1. The number of ether oxygens (including phenoxy) is 2. The second kappa shape index (κ2) is 11.0. The molecule has 1 saturated heterocycles. The molecule has 2 amide bonds. The average molecular weight is 506 g/mol. The van der Waals surface area contributed by atoms with Crippen molar-refractivity contribution in [3.05, 3.63) is 89.4 Å². The highest BCUT2D eigenvalue weighted by molar-refractivity contribution is 7.80. The molecule has 1 aliphatic heterocycles. The number of hydrogen-bond donors (Lipinski definition) is 2. The van der Waals surface area contributed by atoms with Crippen LogP contribution < -0.4 is 25.0 Å². The number of amides is 2. The van der Waals surface area contributed by atoms with Crippen molar-refractivity contribution in [1.82, 2.24) is 5.32 Å². The first-order chi connectivity index (χ1) is 17.3. The first-order valence-corrected chi connectivity index (χ1v) is 11.6. The van der Waals surface area contributed by atoms with E-state index < -0.39 is 5.82 Å². The zero-order valence-corrected chi connectivity index (χ0v) is 20.5. The summed E-state index contributed by atoms with van der Waals surface area (Å²) in [4.78, 5) is 26.5. The van der Waals surface area contributed by atoms with E-state index in [0.29, 0.717) is 35.0 Å². The fourth-order valence-electron chi connectivity index (χ4n) is 3.51. The molecule has 1 aliphatic rings. The van der Waals surface area contributed by atoms with Crippen LogP contribution in [0.25, 0.3) is 6.08 Å². The van der Waals surface area contributed by atoms with Gasteiger partial charge in [0.25, 0.3) is 11.8 Å². The standard InChI is InChI=1S/C27H24FN3O4S/c1-3-34-24-15-18(6-13-23(24)35-16-25(32)29-20-9-4-17(2)5-10-20)14-22-26(33)31(27(36)30-22)21-11-7-19(28)8-12-21/h4-15H,3,16H2,1-2H3,(H,29,32)(H,30,36)/b22-14+. The summed E-state index contributed by atoms with van der Waals surface area (Å²) in [6.07, 6.45) is 1.63. The van der Waals surface area contributed by atoms with Crippen LogP contribution in [0.2, 0.25) is 0 Å². The highest BCUT2D eigenvalue weighted by Crippen LogP contribution is 2.30. The van der Waals surface area contributed by atoms with Crippen LogP contribution in [0.5, 0.6) is 11.5 Å². The highest BCUT2D eigenvalue weighted by atomic mass is 32.1. The number of benzene rings is 3. The molecule has 36 heavy (non-hydrogen) atoms. The molecule has 1 fully saturated rings. The Bertz CT molecular complexity index is 1320. The van der Waals surface area contributed by atoms with Crippen LogP contribution >= 0.6 is 12.2 Å². The maximum absolute atomic E-state index is 13.3. The van der Waals surface area contributed by atoms with Crippen LogP contribution in [-0.4, -0.2) is 30.1 Å². The fraction of sp³-hybridized carbons (Fsp3) is 0.148. The Morgan fingerprint density at radius 3 is 2.47 bits per heavy atom. The summed E-state index contributed by atoms with van der Waals surface area (Å²) in [6, 6.07) is 18.1. The van der Waals surface area contributed by atoms with E-state index in [2.05, 4.69) is 10.6 Å². The Kier molecular flexibility index (Phi) is 7.60. The number of nitrogens with one attached hydrogen (secondary N) is 2. The van der Waals surface area contributed by atoms with Gasteiger partial charge in [0.05, 0.1) is 12.3 Å². The van der Waals surface area contributed by atoms with Crippen molar-refractivity contribution in [2.45, 2.75) is 13.8 Å². The Balaban J connectivity index is 1.47. The molecule has 7 nitrogen and oxygen atoms in total. The molecule has 2 N–H and O–H groups in total. The van der Waals surface area contributed by atoms with Gasteiger partial charge in [-0.15, -0.1) is 0 Å². The van der Waals surface area contributed by atoms with E-state index in [9.17, 15) is 14.0 Å². The second-order valence-corrected chi connectivity index (χ2v) is 8.33. The quantitative estimate of drug-likeness (QED) is 0.338. The van der Waals surface area contributed by atoms with Crippen LogP contribution in [-0.2, 0) is 9.59 Å². The lowest BCUT2D eigenvalue weighted by molar-refractivity contribution is -0.118. The van der Waals surface area contributed by atoms with Gasteiger partial charge in [0.1, 0.15) is 11.5 Å². The lowest BCUT2D eigenvalue weighted by Crippen LogP contribution is -2.30. The SMILES string of the molecule is CCOc1cc(/C=C2/NC(=S)N(c3ccc(F)cc3)C2=O)ccc1OCC(=O)Nc1ccc(C)cc1. The molecule has 0 radical (unpaired) electrons. The number of carbonyl (C=O) groups excluding carboxylic acids is 2. The minimum atomic E-state index is -0.404. The minimum absolute atomic E-state index is 0.197. The van der Waals surface area contributed by atoms with E-state index >= 15 is 0 Å². The molecular formula is C27H24FN3O4S. The molecule has 0 saturated carbocycles. The van der Waals surface area contributed by atoms with E-state index in [0.717, 1.165) is 5.56 Å². The van der Waals surface area contributed by atoms with E-state index in [1.807, 2.05) is 38.1 Å². The summed E-state index contributed by atoms with van der Waals surface area (Å²) in [5, 5.41) is 5.88. The molecule has 4 rings (SSSR count). The maximum atomic E-state index is 13.3. The van der Waals surface area contributed by atoms with Gasteiger partial charge >= 0.3 is 0 Å². The molecule has 3 aromatic carbocycles. The molecule has 0 aromatic heterocycles. The van der Waals surface area contributed by atoms with Crippen LogP contribution in [0.15, 0.2) is 72.4 Å². The van der Waals surface area contributed by atoms with Gasteiger partial charge < -0.3 is 20.1 Å². The topological polar surface area (TPSA) is 79.9 Å². The third-order valence-corrected chi connectivity index (χ3v) is 5.52. The Labute approximate surface area is 213 Å². The summed E-state index contributed by atoms with van der Waals surface area (Å²) >= 11 is 5.30. The number of hydrogen-bond acceptors (Lipinski definition) is 5. The van der Waals surface area contributed by atoms with Gasteiger partial charge in [-0.05, 0) is 86.2 Å². The van der Waals surface area contributed by atoms with E-state index in [-0.39, 0.29) is 29.2 Å². The molecule has 0 aliphatic carbocycles. The van der Waals surface area contributed by atoms with Crippen molar-refractivity contribution in [3.63, 3.8) is 0 Å². The van der Waals surface area contributed by atoms with E-state index in [1.54, 1.807) is 24.3 Å². The van der Waals surface area contributed by atoms with Gasteiger partial charge in [-0.3, -0.25) is 14.5 Å². The summed E-state index contributed by atoms with van der Waals surface area (Å²) in [7, 11) is 0. The number of nitrogens with zero attached hydrogens (tertiary/aromatic N) is 1. The van der Waals surface area contributed by atoms with Crippen molar-refractivity contribution in [2.24, 2.45) is 0 Å². The van der Waals surface area contributed by atoms with Gasteiger partial charge in [-0.25, -0.2) is 4.39 Å². The third-order valence-electron chi connectivity index (χ3n) is 5.24. The Morgan fingerprint density at radius 1 is 1.06 bits per heavy atom. The smallest absolute Gasteiger partial charge is 0.281 e. The van der Waals surface area contributed by atoms with Gasteiger partial charge in [-0.2, -0.15) is 0 Å². The zero-order valence-electron chi connectivity index (χ0n) is 19.7. The summed E-state index contributed by atoms with van der Waals surface area (Å²) < 4.78 is 24.7. The van der Waals surface area contributed by atoms with Crippen LogP contribution in [0.1, 0.15) is 18.1 Å². The molecule has 0 bridgehead atoms. The highest BCUT2D eigenvalue weighted by Gasteiger charge is 2.32. The third kappa shape index (κ3) is 5.87. The van der Waals surface area contributed by atoms with Gasteiger partial charge in [0.2, 0.25) is 0 Å². The number of thiocarbonyl (C=S) groups is 1. The molecule has 1 heterocycles.